The van der Waals surface area contributed by atoms with Crippen molar-refractivity contribution in [2.75, 3.05) is 25.0 Å². The van der Waals surface area contributed by atoms with Crippen LogP contribution in [0.2, 0.25) is 0 Å². The second-order valence-electron chi connectivity index (χ2n) is 5.77. The van der Waals surface area contributed by atoms with Crippen LogP contribution < -0.4 is 5.32 Å². The van der Waals surface area contributed by atoms with Crippen LogP contribution >= 0.6 is 11.3 Å². The van der Waals surface area contributed by atoms with Crippen LogP contribution in [-0.2, 0) is 0 Å². The molecule has 0 aromatic carbocycles. The standard InChI is InChI=1S/C13H23N3O2S/c1-10-8-14-11(19-10)15-12(18)16(6-5-7-17)9-13(2,3)4/h8,17H,5-7,9H2,1-4H3,(H,14,15,18). The SMILES string of the molecule is Cc1cnc(NC(=O)N(CCCO)CC(C)(C)C)s1. The molecule has 0 aliphatic heterocycles. The number of hydrogen-bond acceptors (Lipinski definition) is 4. The first-order chi connectivity index (χ1) is 8.81. The molecule has 1 heterocycles. The lowest BCUT2D eigenvalue weighted by Gasteiger charge is -2.29. The Bertz CT molecular complexity index is 412. The molecule has 0 saturated heterocycles. The smallest absolute Gasteiger partial charge is 0.323 e. The second-order valence-corrected chi connectivity index (χ2v) is 7.00. The molecule has 5 nitrogen and oxygen atoms in total. The van der Waals surface area contributed by atoms with Crippen LogP contribution in [0.4, 0.5) is 9.93 Å². The van der Waals surface area contributed by atoms with E-state index in [4.69, 9.17) is 5.11 Å². The Morgan fingerprint density at radius 2 is 2.21 bits per heavy atom. The zero-order chi connectivity index (χ0) is 14.5. The lowest BCUT2D eigenvalue weighted by atomic mass is 9.96. The average molecular weight is 285 g/mol. The molecule has 0 aliphatic rings. The second kappa shape index (κ2) is 6.86. The number of hydrogen-bond donors (Lipinski definition) is 2. The van der Waals surface area contributed by atoms with E-state index in [0.717, 1.165) is 4.88 Å². The van der Waals surface area contributed by atoms with Crippen LogP contribution in [0.5, 0.6) is 0 Å². The Morgan fingerprint density at radius 3 is 2.68 bits per heavy atom. The molecular weight excluding hydrogens is 262 g/mol. The van der Waals surface area contributed by atoms with E-state index < -0.39 is 0 Å². The van der Waals surface area contributed by atoms with Gasteiger partial charge < -0.3 is 10.0 Å². The minimum absolute atomic E-state index is 0.0194. The molecule has 6 heteroatoms. The van der Waals surface area contributed by atoms with E-state index in [9.17, 15) is 4.79 Å². The van der Waals surface area contributed by atoms with Crippen molar-refractivity contribution in [3.8, 4) is 0 Å². The minimum Gasteiger partial charge on any atom is -0.396 e. The van der Waals surface area contributed by atoms with Gasteiger partial charge in [0, 0.05) is 30.8 Å². The summed E-state index contributed by atoms with van der Waals surface area (Å²) in [6.45, 7) is 9.47. The molecular formula is C13H23N3O2S. The van der Waals surface area contributed by atoms with Crippen molar-refractivity contribution >= 4 is 22.5 Å². The van der Waals surface area contributed by atoms with Crippen LogP contribution in [0.25, 0.3) is 0 Å². The molecule has 1 aromatic rings. The number of carbonyl (C=O) groups excluding carboxylic acids is 1. The monoisotopic (exact) mass is 285 g/mol. The number of carbonyl (C=O) groups is 1. The highest BCUT2D eigenvalue weighted by Crippen LogP contribution is 2.19. The summed E-state index contributed by atoms with van der Waals surface area (Å²) in [6, 6.07) is -0.155. The summed E-state index contributed by atoms with van der Waals surface area (Å²) in [7, 11) is 0. The van der Waals surface area contributed by atoms with Crippen molar-refractivity contribution in [2.24, 2.45) is 5.41 Å². The Labute approximate surface area is 118 Å². The third-order valence-corrected chi connectivity index (χ3v) is 3.20. The number of anilines is 1. The first-order valence-electron chi connectivity index (χ1n) is 6.41. The van der Waals surface area contributed by atoms with Gasteiger partial charge in [-0.2, -0.15) is 0 Å². The summed E-state index contributed by atoms with van der Waals surface area (Å²) in [5, 5.41) is 12.3. The molecule has 0 unspecified atom stereocenters. The average Bonchev–Trinajstić information content (AvgIpc) is 2.68. The summed E-state index contributed by atoms with van der Waals surface area (Å²) in [4.78, 5) is 19.1. The number of aliphatic hydroxyl groups is 1. The van der Waals surface area contributed by atoms with E-state index in [1.807, 2.05) is 6.92 Å². The van der Waals surface area contributed by atoms with Gasteiger partial charge in [-0.15, -0.1) is 11.3 Å². The summed E-state index contributed by atoms with van der Waals surface area (Å²) in [5.74, 6) is 0. The summed E-state index contributed by atoms with van der Waals surface area (Å²) in [5.41, 5.74) is 0.0194. The number of aryl methyl sites for hydroxylation is 1. The van der Waals surface area contributed by atoms with Gasteiger partial charge in [0.2, 0.25) is 0 Å². The predicted molar refractivity (Wildman–Crippen MR) is 78.6 cm³/mol. The van der Waals surface area contributed by atoms with Crippen LogP contribution in [0.3, 0.4) is 0 Å². The highest BCUT2D eigenvalue weighted by Gasteiger charge is 2.21. The number of thiazole rings is 1. The first-order valence-corrected chi connectivity index (χ1v) is 7.23. The van der Waals surface area contributed by atoms with Gasteiger partial charge in [0.15, 0.2) is 5.13 Å². The van der Waals surface area contributed by atoms with Crippen LogP contribution in [0.15, 0.2) is 6.20 Å². The Kier molecular flexibility index (Phi) is 5.75. The zero-order valence-electron chi connectivity index (χ0n) is 12.1. The topological polar surface area (TPSA) is 65.5 Å². The van der Waals surface area contributed by atoms with Gasteiger partial charge in [-0.25, -0.2) is 9.78 Å². The van der Waals surface area contributed by atoms with Gasteiger partial charge in [0.25, 0.3) is 0 Å². The number of urea groups is 1. The number of amides is 2. The van der Waals surface area contributed by atoms with Crippen LogP contribution in [0.1, 0.15) is 32.1 Å². The molecule has 0 saturated carbocycles. The molecule has 2 amide bonds. The maximum Gasteiger partial charge on any atom is 0.323 e. The highest BCUT2D eigenvalue weighted by atomic mass is 32.1. The Balaban J connectivity index is 2.65. The van der Waals surface area contributed by atoms with Crippen molar-refractivity contribution in [3.63, 3.8) is 0 Å². The van der Waals surface area contributed by atoms with Crippen molar-refractivity contribution in [3.05, 3.63) is 11.1 Å². The van der Waals surface area contributed by atoms with Crippen molar-refractivity contribution in [1.29, 1.82) is 0 Å². The summed E-state index contributed by atoms with van der Waals surface area (Å²) in [6.07, 6.45) is 2.32. The number of nitrogens with zero attached hydrogens (tertiary/aromatic N) is 2. The van der Waals surface area contributed by atoms with Crippen molar-refractivity contribution in [2.45, 2.75) is 34.1 Å². The van der Waals surface area contributed by atoms with Gasteiger partial charge in [-0.1, -0.05) is 20.8 Å². The molecule has 0 fully saturated rings. The van der Waals surface area contributed by atoms with Gasteiger partial charge in [0.1, 0.15) is 0 Å². The van der Waals surface area contributed by atoms with E-state index in [0.29, 0.717) is 24.6 Å². The molecule has 0 bridgehead atoms. The fraction of sp³-hybridized carbons (Fsp3) is 0.692. The fourth-order valence-electron chi connectivity index (χ4n) is 1.67. The van der Waals surface area contributed by atoms with E-state index in [1.165, 1.54) is 11.3 Å². The third-order valence-electron chi connectivity index (χ3n) is 2.37. The van der Waals surface area contributed by atoms with Gasteiger partial charge in [0.05, 0.1) is 0 Å². The van der Waals surface area contributed by atoms with Crippen LogP contribution in [-0.4, -0.2) is 40.7 Å². The fourth-order valence-corrected chi connectivity index (χ4v) is 2.32. The first kappa shape index (κ1) is 15.9. The molecule has 0 radical (unpaired) electrons. The molecule has 0 atom stereocenters. The predicted octanol–water partition coefficient (Wildman–Crippen LogP) is 2.71. The highest BCUT2D eigenvalue weighted by molar-refractivity contribution is 7.15. The molecule has 0 aliphatic carbocycles. The quantitative estimate of drug-likeness (QED) is 0.874. The minimum atomic E-state index is -0.155. The summed E-state index contributed by atoms with van der Waals surface area (Å²) >= 11 is 1.46. The number of aliphatic hydroxyl groups excluding tert-OH is 1. The number of aromatic nitrogens is 1. The van der Waals surface area contributed by atoms with Crippen molar-refractivity contribution in [1.82, 2.24) is 9.88 Å². The van der Waals surface area contributed by atoms with Crippen LogP contribution in [0, 0.1) is 12.3 Å². The van der Waals surface area contributed by atoms with Gasteiger partial charge in [-0.3, -0.25) is 5.32 Å². The number of rotatable bonds is 5. The molecule has 108 valence electrons. The van der Waals surface area contributed by atoms with Gasteiger partial charge in [-0.05, 0) is 18.8 Å². The van der Waals surface area contributed by atoms with Crippen molar-refractivity contribution < 1.29 is 9.90 Å². The maximum atomic E-state index is 12.2. The normalized spacial score (nSPS) is 11.4. The Morgan fingerprint density at radius 1 is 1.53 bits per heavy atom. The van der Waals surface area contributed by atoms with E-state index in [-0.39, 0.29) is 18.1 Å². The molecule has 19 heavy (non-hydrogen) atoms. The van der Waals surface area contributed by atoms with E-state index in [2.05, 4.69) is 31.1 Å². The third kappa shape index (κ3) is 6.02. The number of nitrogens with one attached hydrogen (secondary N) is 1. The molecule has 0 spiro atoms. The lowest BCUT2D eigenvalue weighted by Crippen LogP contribution is -2.41. The zero-order valence-corrected chi connectivity index (χ0v) is 12.9. The van der Waals surface area contributed by atoms with E-state index >= 15 is 0 Å². The van der Waals surface area contributed by atoms with Gasteiger partial charge >= 0.3 is 6.03 Å². The largest absolute Gasteiger partial charge is 0.396 e. The van der Waals surface area contributed by atoms with E-state index in [1.54, 1.807) is 11.1 Å². The summed E-state index contributed by atoms with van der Waals surface area (Å²) < 4.78 is 0. The Hall–Kier alpha value is -1.14. The maximum absolute atomic E-state index is 12.2. The molecule has 1 aromatic heterocycles. The molecule has 1 rings (SSSR count). The lowest BCUT2D eigenvalue weighted by molar-refractivity contribution is 0.176. The molecule has 2 N–H and O–H groups in total.